The minimum Gasteiger partial charge on any atom is -0.340 e. The third-order valence-corrected chi connectivity index (χ3v) is 7.52. The number of likely N-dealkylation sites (tertiary alicyclic amines) is 1. The van der Waals surface area contributed by atoms with Crippen LogP contribution >= 0.6 is 0 Å². The molecule has 0 aliphatic carbocycles. The molecule has 2 fully saturated rings. The van der Waals surface area contributed by atoms with E-state index in [2.05, 4.69) is 5.10 Å². The fraction of sp³-hybridized carbons (Fsp3) is 0.765. The number of hydrogen-bond donors (Lipinski definition) is 0. The molecule has 8 heteroatoms. The van der Waals surface area contributed by atoms with E-state index in [1.807, 2.05) is 25.7 Å². The number of carbonyl (C=O) groups excluding carboxylic acids is 1. The minimum atomic E-state index is -3.48. The summed E-state index contributed by atoms with van der Waals surface area (Å²) in [6, 6.07) is 0.200. The normalized spacial score (nSPS) is 22.1. The van der Waals surface area contributed by atoms with Gasteiger partial charge < -0.3 is 4.90 Å². The molecular weight excluding hydrogens is 340 g/mol. The van der Waals surface area contributed by atoms with Gasteiger partial charge in [0.2, 0.25) is 15.9 Å². The van der Waals surface area contributed by atoms with Gasteiger partial charge in [0, 0.05) is 44.8 Å². The van der Waals surface area contributed by atoms with Crippen molar-refractivity contribution in [2.24, 2.45) is 5.41 Å². The molecule has 3 heterocycles. The second-order valence-corrected chi connectivity index (χ2v) is 9.49. The van der Waals surface area contributed by atoms with Crippen molar-refractivity contribution >= 4 is 15.9 Å². The molecule has 0 radical (unpaired) electrons. The first-order valence-corrected chi connectivity index (χ1v) is 10.5. The second-order valence-electron chi connectivity index (χ2n) is 7.55. The van der Waals surface area contributed by atoms with E-state index in [1.165, 1.54) is 6.20 Å². The van der Waals surface area contributed by atoms with Crippen LogP contribution in [0.1, 0.15) is 46.5 Å². The van der Waals surface area contributed by atoms with Crippen LogP contribution in [0.2, 0.25) is 0 Å². The number of nitrogens with zero attached hydrogens (tertiary/aromatic N) is 4. The van der Waals surface area contributed by atoms with Crippen molar-refractivity contribution < 1.29 is 13.2 Å². The molecule has 2 saturated heterocycles. The van der Waals surface area contributed by atoms with E-state index in [0.717, 1.165) is 25.8 Å². The number of rotatable bonds is 4. The lowest BCUT2D eigenvalue weighted by atomic mass is 9.72. The first-order valence-electron chi connectivity index (χ1n) is 9.09. The molecule has 0 bridgehead atoms. The molecule has 2 aliphatic rings. The standard InChI is InChI=1S/C17H28N4O3S/c1-4-19-12-15(11-18-19)25(23,24)20-9-7-17(8-10-20)6-5-16(22)21(13-17)14(2)3/h11-12,14H,4-10,13H2,1-3H3. The number of sulfonamides is 1. The van der Waals surface area contributed by atoms with Crippen LogP contribution in [0.5, 0.6) is 0 Å². The van der Waals surface area contributed by atoms with Gasteiger partial charge in [-0.25, -0.2) is 8.42 Å². The molecular formula is C17H28N4O3S. The highest BCUT2D eigenvalue weighted by Gasteiger charge is 2.43. The van der Waals surface area contributed by atoms with E-state index in [9.17, 15) is 13.2 Å². The molecule has 0 atom stereocenters. The summed E-state index contributed by atoms with van der Waals surface area (Å²) in [5, 5.41) is 4.08. The first kappa shape index (κ1) is 18.4. The van der Waals surface area contributed by atoms with Gasteiger partial charge in [-0.1, -0.05) is 0 Å². The van der Waals surface area contributed by atoms with E-state index in [-0.39, 0.29) is 22.3 Å². The summed E-state index contributed by atoms with van der Waals surface area (Å²) in [5.41, 5.74) is 0.0673. The van der Waals surface area contributed by atoms with Crippen LogP contribution in [0.25, 0.3) is 0 Å². The quantitative estimate of drug-likeness (QED) is 0.811. The van der Waals surface area contributed by atoms with Crippen molar-refractivity contribution in [2.75, 3.05) is 19.6 Å². The van der Waals surface area contributed by atoms with Crippen LogP contribution in [0.3, 0.4) is 0 Å². The van der Waals surface area contributed by atoms with Crippen molar-refractivity contribution in [1.29, 1.82) is 0 Å². The van der Waals surface area contributed by atoms with Crippen LogP contribution in [0.4, 0.5) is 0 Å². The Bertz CT molecular complexity index is 733. The lowest BCUT2D eigenvalue weighted by Gasteiger charge is -2.48. The molecule has 0 N–H and O–H groups in total. The van der Waals surface area contributed by atoms with Crippen molar-refractivity contribution in [3.63, 3.8) is 0 Å². The summed E-state index contributed by atoms with van der Waals surface area (Å²) >= 11 is 0. The predicted molar refractivity (Wildman–Crippen MR) is 94.4 cm³/mol. The molecule has 1 amide bonds. The molecule has 3 rings (SSSR count). The van der Waals surface area contributed by atoms with Crippen LogP contribution in [-0.2, 0) is 21.4 Å². The lowest BCUT2D eigenvalue weighted by Crippen LogP contribution is -2.53. The highest BCUT2D eigenvalue weighted by molar-refractivity contribution is 7.89. The van der Waals surface area contributed by atoms with Gasteiger partial charge in [0.25, 0.3) is 0 Å². The summed E-state index contributed by atoms with van der Waals surface area (Å²) in [5.74, 6) is 0.225. The fourth-order valence-electron chi connectivity index (χ4n) is 3.92. The Morgan fingerprint density at radius 1 is 1.24 bits per heavy atom. The van der Waals surface area contributed by atoms with Crippen LogP contribution < -0.4 is 0 Å². The third-order valence-electron chi connectivity index (χ3n) is 5.67. The van der Waals surface area contributed by atoms with Gasteiger partial charge in [-0.3, -0.25) is 9.48 Å². The molecule has 7 nitrogen and oxygen atoms in total. The maximum absolute atomic E-state index is 12.8. The Morgan fingerprint density at radius 2 is 1.92 bits per heavy atom. The van der Waals surface area contributed by atoms with Crippen molar-refractivity contribution in [1.82, 2.24) is 19.0 Å². The molecule has 0 aromatic carbocycles. The lowest BCUT2D eigenvalue weighted by molar-refractivity contribution is -0.141. The monoisotopic (exact) mass is 368 g/mol. The van der Waals surface area contributed by atoms with Crippen molar-refractivity contribution in [2.45, 2.75) is 63.9 Å². The van der Waals surface area contributed by atoms with Gasteiger partial charge in [-0.15, -0.1) is 0 Å². The van der Waals surface area contributed by atoms with E-state index in [1.54, 1.807) is 15.2 Å². The SMILES string of the molecule is CCn1cc(S(=O)(=O)N2CCC3(CCC(=O)N(C(C)C)C3)CC2)cn1. The van der Waals surface area contributed by atoms with E-state index < -0.39 is 10.0 Å². The smallest absolute Gasteiger partial charge is 0.246 e. The van der Waals surface area contributed by atoms with Gasteiger partial charge in [-0.05, 0) is 45.4 Å². The number of carbonyl (C=O) groups is 1. The molecule has 1 aromatic heterocycles. The largest absolute Gasteiger partial charge is 0.340 e. The fourth-order valence-corrected chi connectivity index (χ4v) is 5.32. The summed E-state index contributed by atoms with van der Waals surface area (Å²) in [7, 11) is -3.48. The Hall–Kier alpha value is -1.41. The summed E-state index contributed by atoms with van der Waals surface area (Å²) < 4.78 is 28.8. The molecule has 1 spiro atoms. The van der Waals surface area contributed by atoms with Gasteiger partial charge in [0.1, 0.15) is 4.90 Å². The Kier molecular flexibility index (Phi) is 4.94. The number of piperidine rings is 2. The number of aryl methyl sites for hydroxylation is 1. The number of hydrogen-bond acceptors (Lipinski definition) is 4. The molecule has 2 aliphatic heterocycles. The summed E-state index contributed by atoms with van der Waals surface area (Å²) in [6.07, 6.45) is 6.10. The van der Waals surface area contributed by atoms with Gasteiger partial charge in [0.05, 0.1) is 6.20 Å². The van der Waals surface area contributed by atoms with Crippen molar-refractivity contribution in [3.8, 4) is 0 Å². The highest BCUT2D eigenvalue weighted by atomic mass is 32.2. The third kappa shape index (κ3) is 3.46. The second kappa shape index (κ2) is 6.72. The van der Waals surface area contributed by atoms with E-state index in [4.69, 9.17) is 0 Å². The highest BCUT2D eigenvalue weighted by Crippen LogP contribution is 2.41. The average molecular weight is 369 g/mol. The molecule has 140 valence electrons. The average Bonchev–Trinajstić information content (AvgIpc) is 3.07. The Labute approximate surface area is 150 Å². The molecule has 0 saturated carbocycles. The Morgan fingerprint density at radius 3 is 2.48 bits per heavy atom. The zero-order valence-corrected chi connectivity index (χ0v) is 16.1. The van der Waals surface area contributed by atoms with E-state index >= 15 is 0 Å². The van der Waals surface area contributed by atoms with Crippen molar-refractivity contribution in [3.05, 3.63) is 12.4 Å². The zero-order chi connectivity index (χ0) is 18.2. The first-order chi connectivity index (χ1) is 11.8. The van der Waals surface area contributed by atoms with E-state index in [0.29, 0.717) is 26.1 Å². The van der Waals surface area contributed by atoms with Gasteiger partial charge in [0.15, 0.2) is 0 Å². The molecule has 0 unspecified atom stereocenters. The number of amides is 1. The molecule has 25 heavy (non-hydrogen) atoms. The summed E-state index contributed by atoms with van der Waals surface area (Å²) in [6.45, 7) is 8.45. The summed E-state index contributed by atoms with van der Waals surface area (Å²) in [4.78, 5) is 14.3. The van der Waals surface area contributed by atoms with Gasteiger partial charge in [-0.2, -0.15) is 9.40 Å². The van der Waals surface area contributed by atoms with Crippen LogP contribution in [0.15, 0.2) is 17.3 Å². The van der Waals surface area contributed by atoms with Crippen LogP contribution in [-0.4, -0.2) is 59.0 Å². The topological polar surface area (TPSA) is 75.5 Å². The van der Waals surface area contributed by atoms with Gasteiger partial charge >= 0.3 is 0 Å². The Balaban J connectivity index is 1.70. The zero-order valence-electron chi connectivity index (χ0n) is 15.3. The maximum atomic E-state index is 12.8. The predicted octanol–water partition coefficient (Wildman–Crippen LogP) is 1.70. The molecule has 1 aromatic rings. The minimum absolute atomic E-state index is 0.0673. The number of aromatic nitrogens is 2. The maximum Gasteiger partial charge on any atom is 0.246 e. The van der Waals surface area contributed by atoms with Crippen LogP contribution in [0, 0.1) is 5.41 Å².